The Morgan fingerprint density at radius 1 is 1.39 bits per heavy atom. The van der Waals surface area contributed by atoms with E-state index in [-0.39, 0.29) is 6.04 Å². The molecule has 1 heteroatoms. The van der Waals surface area contributed by atoms with Gasteiger partial charge in [-0.3, -0.25) is 0 Å². The lowest BCUT2D eigenvalue weighted by molar-refractivity contribution is 0.427. The standard InChI is InChI=1S/C17H25N/c1-11(10-17(3,4)5)13-6-7-15-14(12(13)2)8-9-16(15)18/h6-7,16H,1,8-10,18H2,2-5H3/t16-/m0/s1. The summed E-state index contributed by atoms with van der Waals surface area (Å²) in [6.45, 7) is 13.3. The van der Waals surface area contributed by atoms with Gasteiger partial charge in [0.15, 0.2) is 0 Å². The molecule has 0 unspecified atom stereocenters. The van der Waals surface area contributed by atoms with E-state index in [4.69, 9.17) is 5.73 Å². The van der Waals surface area contributed by atoms with E-state index >= 15 is 0 Å². The van der Waals surface area contributed by atoms with Gasteiger partial charge in [0.05, 0.1) is 0 Å². The highest BCUT2D eigenvalue weighted by Gasteiger charge is 2.23. The minimum Gasteiger partial charge on any atom is -0.324 e. The molecular formula is C17H25N. The summed E-state index contributed by atoms with van der Waals surface area (Å²) in [6, 6.07) is 4.67. The lowest BCUT2D eigenvalue weighted by Gasteiger charge is -2.22. The van der Waals surface area contributed by atoms with Crippen molar-refractivity contribution in [3.05, 3.63) is 41.0 Å². The SMILES string of the molecule is C=C(CC(C)(C)C)c1ccc2c(c1C)CC[C@@H]2N. The third-order valence-electron chi connectivity index (χ3n) is 3.86. The molecule has 1 aliphatic rings. The summed E-state index contributed by atoms with van der Waals surface area (Å²) < 4.78 is 0. The Bertz CT molecular complexity index is 477. The first kappa shape index (κ1) is 13.4. The molecule has 0 aliphatic heterocycles. The Morgan fingerprint density at radius 2 is 2.06 bits per heavy atom. The Labute approximate surface area is 111 Å². The van der Waals surface area contributed by atoms with Gasteiger partial charge >= 0.3 is 0 Å². The maximum Gasteiger partial charge on any atom is 0.0300 e. The minimum absolute atomic E-state index is 0.239. The van der Waals surface area contributed by atoms with Gasteiger partial charge in [-0.05, 0) is 59.4 Å². The number of allylic oxidation sites excluding steroid dienone is 1. The van der Waals surface area contributed by atoms with E-state index < -0.39 is 0 Å². The Morgan fingerprint density at radius 3 is 2.67 bits per heavy atom. The van der Waals surface area contributed by atoms with Crippen molar-refractivity contribution in [3.8, 4) is 0 Å². The molecule has 0 heterocycles. The zero-order valence-electron chi connectivity index (χ0n) is 12.1. The monoisotopic (exact) mass is 243 g/mol. The number of hydrogen-bond acceptors (Lipinski definition) is 1. The van der Waals surface area contributed by atoms with E-state index in [9.17, 15) is 0 Å². The first-order valence-corrected chi connectivity index (χ1v) is 6.86. The van der Waals surface area contributed by atoms with Crippen molar-refractivity contribution in [3.63, 3.8) is 0 Å². The quantitative estimate of drug-likeness (QED) is 0.819. The van der Waals surface area contributed by atoms with E-state index in [1.807, 2.05) is 0 Å². The predicted molar refractivity (Wildman–Crippen MR) is 79.5 cm³/mol. The van der Waals surface area contributed by atoms with E-state index in [0.29, 0.717) is 5.41 Å². The minimum atomic E-state index is 0.239. The second kappa shape index (κ2) is 4.55. The van der Waals surface area contributed by atoms with Crippen LogP contribution in [0.25, 0.3) is 5.57 Å². The predicted octanol–water partition coefficient (Wildman–Crippen LogP) is 4.39. The number of hydrogen-bond donors (Lipinski definition) is 1. The molecule has 1 nitrogen and oxygen atoms in total. The van der Waals surface area contributed by atoms with Crippen molar-refractivity contribution < 1.29 is 0 Å². The van der Waals surface area contributed by atoms with Gasteiger partial charge in [0.2, 0.25) is 0 Å². The smallest absolute Gasteiger partial charge is 0.0300 e. The van der Waals surface area contributed by atoms with Crippen LogP contribution in [0, 0.1) is 12.3 Å². The molecule has 1 atom stereocenters. The highest BCUT2D eigenvalue weighted by atomic mass is 14.6. The van der Waals surface area contributed by atoms with E-state index in [1.54, 1.807) is 0 Å². The maximum atomic E-state index is 6.12. The average Bonchev–Trinajstić information content (AvgIpc) is 2.59. The third-order valence-corrected chi connectivity index (χ3v) is 3.86. The van der Waals surface area contributed by atoms with Crippen LogP contribution in [-0.4, -0.2) is 0 Å². The Kier molecular flexibility index (Phi) is 3.37. The van der Waals surface area contributed by atoms with Crippen LogP contribution < -0.4 is 5.73 Å². The van der Waals surface area contributed by atoms with Gasteiger partial charge < -0.3 is 5.73 Å². The molecule has 0 radical (unpaired) electrons. The molecule has 2 rings (SSSR count). The summed E-state index contributed by atoms with van der Waals surface area (Å²) in [5, 5.41) is 0. The summed E-state index contributed by atoms with van der Waals surface area (Å²) >= 11 is 0. The van der Waals surface area contributed by atoms with Crippen LogP contribution in [-0.2, 0) is 6.42 Å². The fourth-order valence-electron chi connectivity index (χ4n) is 3.03. The molecule has 98 valence electrons. The van der Waals surface area contributed by atoms with Gasteiger partial charge in [0.1, 0.15) is 0 Å². The van der Waals surface area contributed by atoms with Crippen LogP contribution in [0.2, 0.25) is 0 Å². The lowest BCUT2D eigenvalue weighted by Crippen LogP contribution is -2.08. The van der Waals surface area contributed by atoms with Crippen LogP contribution in [0.4, 0.5) is 0 Å². The van der Waals surface area contributed by atoms with Crippen molar-refractivity contribution in [1.29, 1.82) is 0 Å². The van der Waals surface area contributed by atoms with E-state index in [2.05, 4.69) is 46.4 Å². The van der Waals surface area contributed by atoms with Crippen molar-refractivity contribution in [2.45, 2.75) is 53.0 Å². The summed E-state index contributed by atoms with van der Waals surface area (Å²) in [4.78, 5) is 0. The molecule has 0 saturated heterocycles. The molecule has 18 heavy (non-hydrogen) atoms. The number of fused-ring (bicyclic) bond motifs is 1. The van der Waals surface area contributed by atoms with Crippen LogP contribution in [0.5, 0.6) is 0 Å². The molecule has 2 N–H and O–H groups in total. The molecular weight excluding hydrogens is 218 g/mol. The topological polar surface area (TPSA) is 26.0 Å². The van der Waals surface area contributed by atoms with Gasteiger partial charge in [-0.15, -0.1) is 0 Å². The summed E-state index contributed by atoms with van der Waals surface area (Å²) in [6.07, 6.45) is 3.25. The highest BCUT2D eigenvalue weighted by molar-refractivity contribution is 5.69. The molecule has 1 aliphatic carbocycles. The van der Waals surface area contributed by atoms with Crippen molar-refractivity contribution in [2.24, 2.45) is 11.1 Å². The third kappa shape index (κ3) is 2.51. The molecule has 1 aromatic carbocycles. The number of benzene rings is 1. The van der Waals surface area contributed by atoms with Crippen LogP contribution in [0.3, 0.4) is 0 Å². The molecule has 0 bridgehead atoms. The van der Waals surface area contributed by atoms with Crippen molar-refractivity contribution in [1.82, 2.24) is 0 Å². The van der Waals surface area contributed by atoms with Crippen LogP contribution in [0.15, 0.2) is 18.7 Å². The van der Waals surface area contributed by atoms with E-state index in [0.717, 1.165) is 19.3 Å². The fourth-order valence-corrected chi connectivity index (χ4v) is 3.03. The van der Waals surface area contributed by atoms with Crippen molar-refractivity contribution in [2.75, 3.05) is 0 Å². The zero-order chi connectivity index (χ0) is 13.5. The largest absolute Gasteiger partial charge is 0.324 e. The first-order chi connectivity index (χ1) is 8.29. The molecule has 0 spiro atoms. The molecule has 0 fully saturated rings. The molecule has 0 amide bonds. The maximum absolute atomic E-state index is 6.12. The fraction of sp³-hybridized carbons (Fsp3) is 0.529. The normalized spacial score (nSPS) is 18.8. The second-order valence-electron chi connectivity index (χ2n) is 6.79. The van der Waals surface area contributed by atoms with Gasteiger partial charge in [0.25, 0.3) is 0 Å². The number of rotatable bonds is 2. The summed E-state index contributed by atoms with van der Waals surface area (Å²) in [5.41, 5.74) is 13.2. The van der Waals surface area contributed by atoms with Gasteiger partial charge in [-0.25, -0.2) is 0 Å². The molecule has 0 saturated carbocycles. The van der Waals surface area contributed by atoms with Gasteiger partial charge in [0, 0.05) is 6.04 Å². The zero-order valence-corrected chi connectivity index (χ0v) is 12.1. The second-order valence-corrected chi connectivity index (χ2v) is 6.79. The van der Waals surface area contributed by atoms with Crippen LogP contribution >= 0.6 is 0 Å². The molecule has 1 aromatic rings. The number of nitrogens with two attached hydrogens (primary N) is 1. The van der Waals surface area contributed by atoms with E-state index in [1.165, 1.54) is 27.8 Å². The average molecular weight is 243 g/mol. The Balaban J connectivity index is 2.34. The Hall–Kier alpha value is -1.08. The highest BCUT2D eigenvalue weighted by Crippen LogP contribution is 2.37. The summed E-state index contributed by atoms with van der Waals surface area (Å²) in [7, 11) is 0. The summed E-state index contributed by atoms with van der Waals surface area (Å²) in [5.74, 6) is 0. The lowest BCUT2D eigenvalue weighted by atomic mass is 9.83. The molecule has 0 aromatic heterocycles. The first-order valence-electron chi connectivity index (χ1n) is 6.86. The van der Waals surface area contributed by atoms with Crippen LogP contribution in [0.1, 0.15) is 61.9 Å². The van der Waals surface area contributed by atoms with Gasteiger partial charge in [-0.1, -0.05) is 39.5 Å². The van der Waals surface area contributed by atoms with Gasteiger partial charge in [-0.2, -0.15) is 0 Å². The van der Waals surface area contributed by atoms with Crippen molar-refractivity contribution >= 4 is 5.57 Å².